The molecular weight excluding hydrogens is 300 g/mol. The van der Waals surface area contributed by atoms with Gasteiger partial charge >= 0.3 is 0 Å². The van der Waals surface area contributed by atoms with Gasteiger partial charge in [-0.1, -0.05) is 35.7 Å². The van der Waals surface area contributed by atoms with Crippen molar-refractivity contribution < 1.29 is 0 Å². The molecule has 1 aromatic heterocycles. The molecule has 0 bridgehead atoms. The molecule has 2 nitrogen and oxygen atoms in total. The lowest BCUT2D eigenvalue weighted by molar-refractivity contribution is 0.606. The Morgan fingerprint density at radius 2 is 2.18 bits per heavy atom. The van der Waals surface area contributed by atoms with Crippen molar-refractivity contribution in [3.8, 4) is 0 Å². The minimum atomic E-state index is 0. The number of hydrogen-bond donors (Lipinski definition) is 2. The number of rotatable bonds is 4. The molecule has 94 valence electrons. The summed E-state index contributed by atoms with van der Waals surface area (Å²) in [7, 11) is 0. The molecule has 3 N–H and O–H groups in total. The summed E-state index contributed by atoms with van der Waals surface area (Å²) in [6.45, 7) is 2.19. The van der Waals surface area contributed by atoms with E-state index in [1.54, 1.807) is 0 Å². The Labute approximate surface area is 117 Å². The van der Waals surface area contributed by atoms with Crippen molar-refractivity contribution in [1.82, 2.24) is 4.98 Å². The van der Waals surface area contributed by atoms with Crippen molar-refractivity contribution in [2.45, 2.75) is 32.2 Å². The van der Waals surface area contributed by atoms with E-state index >= 15 is 0 Å². The van der Waals surface area contributed by atoms with Crippen LogP contribution in [-0.2, 0) is 0 Å². The second-order valence-electron chi connectivity index (χ2n) is 4.18. The third-order valence-electron chi connectivity index (χ3n) is 2.94. The van der Waals surface area contributed by atoms with E-state index < -0.39 is 0 Å². The summed E-state index contributed by atoms with van der Waals surface area (Å²) in [6.07, 6.45) is 5.47. The summed E-state index contributed by atoms with van der Waals surface area (Å²) in [6, 6.07) is 6.39. The summed E-state index contributed by atoms with van der Waals surface area (Å²) in [5.41, 5.74) is 8.59. The topological polar surface area (TPSA) is 41.8 Å². The average Bonchev–Trinajstić information content (AvgIpc) is 2.68. The number of aromatic amines is 1. The van der Waals surface area contributed by atoms with Gasteiger partial charge in [0.2, 0.25) is 0 Å². The number of nitrogens with two attached hydrogens (primary N) is 1. The van der Waals surface area contributed by atoms with Gasteiger partial charge in [0.15, 0.2) is 0 Å². The van der Waals surface area contributed by atoms with Crippen molar-refractivity contribution in [2.24, 2.45) is 5.73 Å². The molecule has 0 spiro atoms. The van der Waals surface area contributed by atoms with Crippen LogP contribution in [0, 0.1) is 0 Å². The number of benzene rings is 1. The van der Waals surface area contributed by atoms with Gasteiger partial charge in [0, 0.05) is 27.6 Å². The van der Waals surface area contributed by atoms with Crippen LogP contribution in [0.2, 0.25) is 0 Å². The van der Waals surface area contributed by atoms with E-state index in [0.29, 0.717) is 0 Å². The van der Waals surface area contributed by atoms with E-state index in [1.807, 2.05) is 12.3 Å². The first-order valence-electron chi connectivity index (χ1n) is 5.74. The van der Waals surface area contributed by atoms with Crippen LogP contribution in [0.3, 0.4) is 0 Å². The Hall–Kier alpha value is -0.510. The summed E-state index contributed by atoms with van der Waals surface area (Å²) >= 11 is 3.50. The molecule has 0 amide bonds. The van der Waals surface area contributed by atoms with Crippen molar-refractivity contribution in [3.05, 3.63) is 34.4 Å². The predicted molar refractivity (Wildman–Crippen MR) is 79.7 cm³/mol. The summed E-state index contributed by atoms with van der Waals surface area (Å²) in [5.74, 6) is 0. The first kappa shape index (κ1) is 14.6. The fourth-order valence-corrected chi connectivity index (χ4v) is 2.36. The fourth-order valence-electron chi connectivity index (χ4n) is 2.00. The normalized spacial score (nSPS) is 12.4. The molecule has 2 aromatic rings. The molecule has 1 aromatic carbocycles. The number of halogens is 2. The number of H-pyrrole nitrogens is 1. The Balaban J connectivity index is 0.00000144. The largest absolute Gasteiger partial charge is 0.361 e. The maximum absolute atomic E-state index is 6.21. The van der Waals surface area contributed by atoms with E-state index in [-0.39, 0.29) is 18.4 Å². The van der Waals surface area contributed by atoms with Gasteiger partial charge in [-0.05, 0) is 30.2 Å². The third kappa shape index (κ3) is 3.24. The lowest BCUT2D eigenvalue weighted by Gasteiger charge is -2.09. The molecule has 0 aliphatic rings. The van der Waals surface area contributed by atoms with Gasteiger partial charge in [-0.2, -0.15) is 0 Å². The average molecular weight is 318 g/mol. The van der Waals surface area contributed by atoms with Crippen LogP contribution >= 0.6 is 28.3 Å². The van der Waals surface area contributed by atoms with Crippen molar-refractivity contribution in [1.29, 1.82) is 0 Å². The molecule has 0 saturated heterocycles. The lowest BCUT2D eigenvalue weighted by Crippen LogP contribution is -2.09. The van der Waals surface area contributed by atoms with Crippen LogP contribution < -0.4 is 5.73 Å². The molecule has 1 heterocycles. The monoisotopic (exact) mass is 316 g/mol. The Morgan fingerprint density at radius 3 is 2.88 bits per heavy atom. The van der Waals surface area contributed by atoms with Gasteiger partial charge in [-0.15, -0.1) is 12.4 Å². The van der Waals surface area contributed by atoms with Crippen molar-refractivity contribution in [3.63, 3.8) is 0 Å². The second kappa shape index (κ2) is 6.43. The summed E-state index contributed by atoms with van der Waals surface area (Å²) in [5, 5.41) is 1.23. The number of unbranched alkanes of at least 4 members (excludes halogenated alkanes) is 1. The van der Waals surface area contributed by atoms with Crippen LogP contribution in [-0.4, -0.2) is 4.98 Å². The van der Waals surface area contributed by atoms with Gasteiger partial charge < -0.3 is 10.7 Å². The molecule has 0 fully saturated rings. The minimum absolute atomic E-state index is 0. The Bertz CT molecular complexity index is 481. The highest BCUT2D eigenvalue weighted by molar-refractivity contribution is 9.10. The van der Waals surface area contributed by atoms with Gasteiger partial charge in [0.05, 0.1) is 0 Å². The first-order valence-corrected chi connectivity index (χ1v) is 6.53. The van der Waals surface area contributed by atoms with Crippen molar-refractivity contribution >= 4 is 39.2 Å². The molecule has 0 aliphatic heterocycles. The summed E-state index contributed by atoms with van der Waals surface area (Å²) in [4.78, 5) is 3.27. The van der Waals surface area contributed by atoms with E-state index in [9.17, 15) is 0 Å². The van der Waals surface area contributed by atoms with Gasteiger partial charge in [0.1, 0.15) is 0 Å². The Kier molecular flexibility index (Phi) is 5.50. The van der Waals surface area contributed by atoms with E-state index in [2.05, 4.69) is 40.0 Å². The highest BCUT2D eigenvalue weighted by atomic mass is 79.9. The highest BCUT2D eigenvalue weighted by Crippen LogP contribution is 2.28. The van der Waals surface area contributed by atoms with Crippen molar-refractivity contribution in [2.75, 3.05) is 0 Å². The smallest absolute Gasteiger partial charge is 0.0458 e. The van der Waals surface area contributed by atoms with Crippen LogP contribution in [0.1, 0.15) is 37.8 Å². The predicted octanol–water partition coefficient (Wildman–Crippen LogP) is 4.54. The van der Waals surface area contributed by atoms with Gasteiger partial charge in [-0.3, -0.25) is 0 Å². The maximum atomic E-state index is 6.21. The molecule has 17 heavy (non-hydrogen) atoms. The summed E-state index contributed by atoms with van der Waals surface area (Å²) < 4.78 is 1.10. The van der Waals surface area contributed by atoms with Gasteiger partial charge in [-0.25, -0.2) is 0 Å². The number of fused-ring (bicyclic) bond motifs is 1. The third-order valence-corrected chi connectivity index (χ3v) is 3.44. The minimum Gasteiger partial charge on any atom is -0.361 e. The maximum Gasteiger partial charge on any atom is 0.0458 e. The quantitative estimate of drug-likeness (QED) is 0.854. The fraction of sp³-hybridized carbons (Fsp3) is 0.385. The zero-order valence-electron chi connectivity index (χ0n) is 9.87. The molecule has 0 aliphatic carbocycles. The molecule has 0 saturated carbocycles. The second-order valence-corrected chi connectivity index (χ2v) is 5.10. The van der Waals surface area contributed by atoms with Crippen LogP contribution in [0.4, 0.5) is 0 Å². The number of nitrogens with one attached hydrogen (secondary N) is 1. The van der Waals surface area contributed by atoms with Crippen LogP contribution in [0.25, 0.3) is 10.9 Å². The molecule has 4 heteroatoms. The zero-order chi connectivity index (χ0) is 11.5. The van der Waals surface area contributed by atoms with E-state index in [0.717, 1.165) is 16.4 Å². The highest BCUT2D eigenvalue weighted by Gasteiger charge is 2.11. The lowest BCUT2D eigenvalue weighted by atomic mass is 10.0. The van der Waals surface area contributed by atoms with Crippen LogP contribution in [0.15, 0.2) is 28.9 Å². The molecule has 0 unspecified atom stereocenters. The van der Waals surface area contributed by atoms with Crippen LogP contribution in [0.5, 0.6) is 0 Å². The molecule has 1 atom stereocenters. The van der Waals surface area contributed by atoms with E-state index in [1.165, 1.54) is 23.8 Å². The number of aromatic nitrogens is 1. The first-order chi connectivity index (χ1) is 7.72. The zero-order valence-corrected chi connectivity index (χ0v) is 12.3. The molecule has 2 rings (SSSR count). The van der Waals surface area contributed by atoms with E-state index in [4.69, 9.17) is 5.73 Å². The molecular formula is C13H18BrClN2. The SMILES string of the molecule is CCCC[C@H](N)c1c[nH]c2ccc(Br)cc12.Cl. The van der Waals surface area contributed by atoms with Gasteiger partial charge in [0.25, 0.3) is 0 Å². The standard InChI is InChI=1S/C13H17BrN2.ClH/c1-2-3-4-12(15)11-8-16-13-6-5-9(14)7-10(11)13;/h5-8,12,16H,2-4,15H2,1H3;1H/t12-;/m0./s1. The Morgan fingerprint density at radius 1 is 1.41 bits per heavy atom. The molecule has 0 radical (unpaired) electrons. The number of hydrogen-bond acceptors (Lipinski definition) is 1.